The fourth-order valence-electron chi connectivity index (χ4n) is 0.974. The van der Waals surface area contributed by atoms with Gasteiger partial charge in [0.05, 0.1) is 0 Å². The van der Waals surface area contributed by atoms with Crippen LogP contribution >= 0.6 is 0 Å². The Morgan fingerprint density at radius 2 is 2.31 bits per heavy atom. The molecule has 0 aromatic heterocycles. The van der Waals surface area contributed by atoms with Crippen LogP contribution in [0, 0.1) is 5.82 Å². The van der Waals surface area contributed by atoms with E-state index in [1.807, 2.05) is 0 Å². The molecule has 0 spiro atoms. The minimum absolute atomic E-state index is 0.217. The Labute approximate surface area is 76.1 Å². The van der Waals surface area contributed by atoms with Gasteiger partial charge in [0.15, 0.2) is 0 Å². The first-order chi connectivity index (χ1) is 6.13. The molecular weight excluding hydrogens is 169 g/mol. The molecule has 1 rings (SSSR count). The molecule has 0 aliphatic heterocycles. The Morgan fingerprint density at radius 1 is 1.62 bits per heavy atom. The molecule has 2 nitrogen and oxygen atoms in total. The van der Waals surface area contributed by atoms with Gasteiger partial charge in [-0.3, -0.25) is 4.79 Å². The molecule has 1 aromatic rings. The van der Waals surface area contributed by atoms with E-state index in [4.69, 9.17) is 0 Å². The molecule has 0 saturated carbocycles. The number of hydrogen-bond acceptors (Lipinski definition) is 1. The van der Waals surface area contributed by atoms with Crippen LogP contribution in [0.25, 0.3) is 6.08 Å². The standard InChI is InChI=1S/C10H10FNO/c1-3-8-4-5-9(6-10(8)11)12-7(2)13/h3-6H,1H2,2H3,(H,12,13). The highest BCUT2D eigenvalue weighted by atomic mass is 19.1. The molecule has 0 bridgehead atoms. The minimum Gasteiger partial charge on any atom is -0.326 e. The van der Waals surface area contributed by atoms with Crippen molar-refractivity contribution in [2.75, 3.05) is 5.32 Å². The Bertz CT molecular complexity index is 347. The van der Waals surface area contributed by atoms with Gasteiger partial charge in [0, 0.05) is 18.2 Å². The monoisotopic (exact) mass is 179 g/mol. The van der Waals surface area contributed by atoms with Crippen LogP contribution in [-0.4, -0.2) is 5.91 Å². The summed E-state index contributed by atoms with van der Waals surface area (Å²) >= 11 is 0. The van der Waals surface area contributed by atoms with Crippen molar-refractivity contribution < 1.29 is 9.18 Å². The number of benzene rings is 1. The van der Waals surface area contributed by atoms with Gasteiger partial charge in [-0.1, -0.05) is 12.7 Å². The van der Waals surface area contributed by atoms with Crippen molar-refractivity contribution in [2.45, 2.75) is 6.92 Å². The van der Waals surface area contributed by atoms with Crippen LogP contribution in [0.15, 0.2) is 24.8 Å². The molecule has 0 radical (unpaired) electrons. The maximum Gasteiger partial charge on any atom is 0.221 e. The molecule has 1 N–H and O–H groups in total. The van der Waals surface area contributed by atoms with E-state index in [-0.39, 0.29) is 11.7 Å². The first-order valence-corrected chi connectivity index (χ1v) is 3.83. The highest BCUT2D eigenvalue weighted by Gasteiger charge is 2.00. The van der Waals surface area contributed by atoms with Crippen LogP contribution < -0.4 is 5.32 Å². The average molecular weight is 179 g/mol. The molecule has 0 heterocycles. The molecule has 68 valence electrons. The molecule has 0 aliphatic carbocycles. The molecule has 0 fully saturated rings. The first kappa shape index (κ1) is 9.45. The van der Waals surface area contributed by atoms with Crippen molar-refractivity contribution in [3.8, 4) is 0 Å². The van der Waals surface area contributed by atoms with Gasteiger partial charge >= 0.3 is 0 Å². The number of carbonyl (C=O) groups is 1. The molecule has 0 aliphatic rings. The lowest BCUT2D eigenvalue weighted by Gasteiger charge is -2.02. The maximum atomic E-state index is 13.1. The van der Waals surface area contributed by atoms with Gasteiger partial charge < -0.3 is 5.32 Å². The lowest BCUT2D eigenvalue weighted by Crippen LogP contribution is -2.05. The van der Waals surface area contributed by atoms with E-state index < -0.39 is 0 Å². The predicted octanol–water partition coefficient (Wildman–Crippen LogP) is 2.43. The van der Waals surface area contributed by atoms with Crippen molar-refractivity contribution in [3.05, 3.63) is 36.2 Å². The summed E-state index contributed by atoms with van der Waals surface area (Å²) in [6, 6.07) is 4.45. The van der Waals surface area contributed by atoms with Crippen LogP contribution in [0.4, 0.5) is 10.1 Å². The topological polar surface area (TPSA) is 29.1 Å². The second-order valence-electron chi connectivity index (χ2n) is 2.62. The van der Waals surface area contributed by atoms with Crippen LogP contribution in [0.5, 0.6) is 0 Å². The van der Waals surface area contributed by atoms with E-state index >= 15 is 0 Å². The smallest absolute Gasteiger partial charge is 0.221 e. The third-order valence-corrected chi connectivity index (χ3v) is 1.54. The summed E-state index contributed by atoms with van der Waals surface area (Å²) in [6.45, 7) is 4.83. The normalized spacial score (nSPS) is 9.38. The molecule has 0 unspecified atom stereocenters. The van der Waals surface area contributed by atoms with Gasteiger partial charge in [0.1, 0.15) is 5.82 Å². The number of halogens is 1. The van der Waals surface area contributed by atoms with Crippen molar-refractivity contribution in [1.29, 1.82) is 0 Å². The second kappa shape index (κ2) is 3.85. The predicted molar refractivity (Wildman–Crippen MR) is 50.8 cm³/mol. The Kier molecular flexibility index (Phi) is 2.80. The number of nitrogens with one attached hydrogen (secondary N) is 1. The lowest BCUT2D eigenvalue weighted by molar-refractivity contribution is -0.114. The molecule has 3 heteroatoms. The molecule has 13 heavy (non-hydrogen) atoms. The molecule has 1 aromatic carbocycles. The summed E-state index contributed by atoms with van der Waals surface area (Å²) in [6.07, 6.45) is 1.42. The highest BCUT2D eigenvalue weighted by molar-refractivity contribution is 5.88. The Balaban J connectivity index is 2.95. The van der Waals surface area contributed by atoms with E-state index in [0.717, 1.165) is 0 Å². The summed E-state index contributed by atoms with van der Waals surface area (Å²) in [5.74, 6) is -0.605. The maximum absolute atomic E-state index is 13.1. The van der Waals surface area contributed by atoms with E-state index in [0.29, 0.717) is 11.3 Å². The summed E-state index contributed by atoms with van der Waals surface area (Å²) in [7, 11) is 0. The third-order valence-electron chi connectivity index (χ3n) is 1.54. The van der Waals surface area contributed by atoms with Gasteiger partial charge in [-0.05, 0) is 18.2 Å². The Morgan fingerprint density at radius 3 is 2.77 bits per heavy atom. The van der Waals surface area contributed by atoms with E-state index in [9.17, 15) is 9.18 Å². The van der Waals surface area contributed by atoms with Crippen LogP contribution in [0.3, 0.4) is 0 Å². The number of hydrogen-bond donors (Lipinski definition) is 1. The van der Waals surface area contributed by atoms with E-state index in [1.165, 1.54) is 19.1 Å². The molecule has 1 amide bonds. The largest absolute Gasteiger partial charge is 0.326 e. The fraction of sp³-hybridized carbons (Fsp3) is 0.100. The fourth-order valence-corrected chi connectivity index (χ4v) is 0.974. The second-order valence-corrected chi connectivity index (χ2v) is 2.62. The number of amides is 1. The third kappa shape index (κ3) is 2.40. The van der Waals surface area contributed by atoms with Gasteiger partial charge in [0.25, 0.3) is 0 Å². The van der Waals surface area contributed by atoms with Gasteiger partial charge in [-0.25, -0.2) is 4.39 Å². The quantitative estimate of drug-likeness (QED) is 0.742. The van der Waals surface area contributed by atoms with Crippen molar-refractivity contribution in [2.24, 2.45) is 0 Å². The SMILES string of the molecule is C=Cc1ccc(NC(C)=O)cc1F. The van der Waals surface area contributed by atoms with Crippen LogP contribution in [0.2, 0.25) is 0 Å². The van der Waals surface area contributed by atoms with Gasteiger partial charge in [-0.2, -0.15) is 0 Å². The van der Waals surface area contributed by atoms with Gasteiger partial charge in [-0.15, -0.1) is 0 Å². The van der Waals surface area contributed by atoms with Crippen LogP contribution in [0.1, 0.15) is 12.5 Å². The summed E-state index contributed by atoms with van der Waals surface area (Å²) in [4.78, 5) is 10.6. The highest BCUT2D eigenvalue weighted by Crippen LogP contribution is 2.14. The zero-order chi connectivity index (χ0) is 9.84. The lowest BCUT2D eigenvalue weighted by atomic mass is 10.2. The minimum atomic E-state index is -0.388. The molecular formula is C10H10FNO. The summed E-state index contributed by atoms with van der Waals surface area (Å²) < 4.78 is 13.1. The number of carbonyl (C=O) groups excluding carboxylic acids is 1. The van der Waals surface area contributed by atoms with Crippen molar-refractivity contribution >= 4 is 17.7 Å². The molecule has 0 saturated heterocycles. The number of rotatable bonds is 2. The summed E-state index contributed by atoms with van der Waals surface area (Å²) in [5.41, 5.74) is 0.879. The molecule has 0 atom stereocenters. The zero-order valence-electron chi connectivity index (χ0n) is 7.30. The van der Waals surface area contributed by atoms with Crippen molar-refractivity contribution in [1.82, 2.24) is 0 Å². The zero-order valence-corrected chi connectivity index (χ0v) is 7.30. The number of anilines is 1. The van der Waals surface area contributed by atoms with E-state index in [1.54, 1.807) is 12.1 Å². The first-order valence-electron chi connectivity index (χ1n) is 3.83. The van der Waals surface area contributed by atoms with Gasteiger partial charge in [0.2, 0.25) is 5.91 Å². The van der Waals surface area contributed by atoms with Crippen LogP contribution in [-0.2, 0) is 4.79 Å². The van der Waals surface area contributed by atoms with E-state index in [2.05, 4.69) is 11.9 Å². The van der Waals surface area contributed by atoms with Crippen molar-refractivity contribution in [3.63, 3.8) is 0 Å². The average Bonchev–Trinajstić information content (AvgIpc) is 2.03. The Hall–Kier alpha value is -1.64. The summed E-state index contributed by atoms with van der Waals surface area (Å²) in [5, 5.41) is 2.48.